The summed E-state index contributed by atoms with van der Waals surface area (Å²) in [6.45, 7) is 7.66. The quantitative estimate of drug-likeness (QED) is 0.321. The van der Waals surface area contributed by atoms with Crippen molar-refractivity contribution in [3.63, 3.8) is 0 Å². The summed E-state index contributed by atoms with van der Waals surface area (Å²) in [4.78, 5) is 0. The van der Waals surface area contributed by atoms with E-state index in [2.05, 4.69) is 43.8 Å². The Kier molecular flexibility index (Phi) is 8.45. The SMILES string of the molecule is C=CCCC1CCC(C2CCC(c3ccc(COCCC)cc3)CC2)CC1. The largest absolute Gasteiger partial charge is 0.377 e. The average Bonchev–Trinajstić information content (AvgIpc) is 2.73. The van der Waals surface area contributed by atoms with Gasteiger partial charge in [0.05, 0.1) is 6.61 Å². The number of hydrogen-bond donors (Lipinski definition) is 0. The molecule has 0 spiro atoms. The lowest BCUT2D eigenvalue weighted by molar-refractivity contribution is 0.121. The zero-order valence-corrected chi connectivity index (χ0v) is 17.5. The summed E-state index contributed by atoms with van der Waals surface area (Å²) >= 11 is 0. The number of allylic oxidation sites excluding steroid dienone is 1. The minimum Gasteiger partial charge on any atom is -0.377 e. The monoisotopic (exact) mass is 368 g/mol. The Balaban J connectivity index is 1.40. The van der Waals surface area contributed by atoms with Crippen molar-refractivity contribution in [1.29, 1.82) is 0 Å². The fraction of sp³-hybridized carbons (Fsp3) is 0.692. The first kappa shape index (κ1) is 20.6. The summed E-state index contributed by atoms with van der Waals surface area (Å²) in [5.74, 6) is 3.79. The molecule has 0 aliphatic heterocycles. The molecule has 0 atom stereocenters. The van der Waals surface area contributed by atoms with Crippen LogP contribution in [0.5, 0.6) is 0 Å². The molecule has 150 valence electrons. The average molecular weight is 369 g/mol. The van der Waals surface area contributed by atoms with Crippen molar-refractivity contribution in [2.24, 2.45) is 17.8 Å². The minimum atomic E-state index is 0.760. The molecule has 2 aliphatic carbocycles. The van der Waals surface area contributed by atoms with E-state index in [0.29, 0.717) is 0 Å². The molecule has 0 radical (unpaired) electrons. The second-order valence-corrected chi connectivity index (χ2v) is 9.05. The smallest absolute Gasteiger partial charge is 0.0716 e. The molecule has 1 aromatic carbocycles. The van der Waals surface area contributed by atoms with E-state index in [-0.39, 0.29) is 0 Å². The van der Waals surface area contributed by atoms with E-state index in [1.807, 2.05) is 0 Å². The van der Waals surface area contributed by atoms with E-state index >= 15 is 0 Å². The van der Waals surface area contributed by atoms with Gasteiger partial charge in [-0.3, -0.25) is 0 Å². The van der Waals surface area contributed by atoms with Crippen molar-refractivity contribution in [1.82, 2.24) is 0 Å². The highest BCUT2D eigenvalue weighted by molar-refractivity contribution is 5.25. The summed E-state index contributed by atoms with van der Waals surface area (Å²) in [5.41, 5.74) is 2.87. The lowest BCUT2D eigenvalue weighted by Gasteiger charge is -2.38. The highest BCUT2D eigenvalue weighted by atomic mass is 16.5. The van der Waals surface area contributed by atoms with Gasteiger partial charge in [-0.2, -0.15) is 0 Å². The Morgan fingerprint density at radius 1 is 0.926 bits per heavy atom. The van der Waals surface area contributed by atoms with E-state index in [1.54, 1.807) is 5.56 Å². The number of benzene rings is 1. The topological polar surface area (TPSA) is 9.23 Å². The third kappa shape index (κ3) is 6.21. The van der Waals surface area contributed by atoms with Crippen LogP contribution in [0.4, 0.5) is 0 Å². The van der Waals surface area contributed by atoms with Crippen LogP contribution in [-0.2, 0) is 11.3 Å². The fourth-order valence-corrected chi connectivity index (χ4v) is 5.45. The molecule has 1 nitrogen and oxygen atoms in total. The molecule has 1 aromatic rings. The van der Waals surface area contributed by atoms with Gasteiger partial charge in [0, 0.05) is 6.61 Å². The van der Waals surface area contributed by atoms with Gasteiger partial charge in [-0.15, -0.1) is 6.58 Å². The van der Waals surface area contributed by atoms with E-state index in [9.17, 15) is 0 Å². The van der Waals surface area contributed by atoms with Crippen LogP contribution < -0.4 is 0 Å². The van der Waals surface area contributed by atoms with Crippen LogP contribution in [0.1, 0.15) is 94.6 Å². The number of ether oxygens (including phenoxy) is 1. The standard InChI is InChI=1S/C26H40O/c1-3-5-6-21-7-11-23(12-8-21)25-15-17-26(18-16-25)24-13-9-22(10-14-24)20-27-19-4-2/h3,9-10,13-14,21,23,25-26H,1,4-8,11-12,15-20H2,2H3. The Bertz CT molecular complexity index is 530. The molecular weight excluding hydrogens is 328 g/mol. The van der Waals surface area contributed by atoms with Gasteiger partial charge >= 0.3 is 0 Å². The van der Waals surface area contributed by atoms with Gasteiger partial charge in [0.15, 0.2) is 0 Å². The predicted molar refractivity (Wildman–Crippen MR) is 116 cm³/mol. The molecule has 1 heteroatoms. The van der Waals surface area contributed by atoms with E-state index in [1.165, 1.54) is 69.8 Å². The van der Waals surface area contributed by atoms with Crippen molar-refractivity contribution >= 4 is 0 Å². The minimum absolute atomic E-state index is 0.760. The Morgan fingerprint density at radius 2 is 1.56 bits per heavy atom. The molecule has 0 amide bonds. The molecule has 0 aromatic heterocycles. The van der Waals surface area contributed by atoms with Crippen molar-refractivity contribution in [2.75, 3.05) is 6.61 Å². The Labute approximate surface area is 167 Å². The lowest BCUT2D eigenvalue weighted by Crippen LogP contribution is -2.25. The van der Waals surface area contributed by atoms with Gasteiger partial charge in [0.1, 0.15) is 0 Å². The first-order valence-electron chi connectivity index (χ1n) is 11.6. The molecule has 2 aliphatic rings. The molecule has 2 saturated carbocycles. The second-order valence-electron chi connectivity index (χ2n) is 9.05. The highest BCUT2D eigenvalue weighted by Gasteiger charge is 2.31. The molecule has 0 heterocycles. The summed E-state index contributed by atoms with van der Waals surface area (Å²) < 4.78 is 5.66. The second kappa shape index (κ2) is 11.1. The first-order chi connectivity index (χ1) is 13.3. The zero-order valence-electron chi connectivity index (χ0n) is 17.5. The van der Waals surface area contributed by atoms with Gasteiger partial charge in [-0.05, 0) is 92.6 Å². The van der Waals surface area contributed by atoms with Crippen LogP contribution in [0, 0.1) is 17.8 Å². The van der Waals surface area contributed by atoms with Gasteiger partial charge in [0.25, 0.3) is 0 Å². The fourth-order valence-electron chi connectivity index (χ4n) is 5.45. The summed E-state index contributed by atoms with van der Waals surface area (Å²) in [5, 5.41) is 0. The van der Waals surface area contributed by atoms with Crippen molar-refractivity contribution < 1.29 is 4.74 Å². The maximum Gasteiger partial charge on any atom is 0.0716 e. The predicted octanol–water partition coefficient (Wildman–Crippen LogP) is 7.66. The van der Waals surface area contributed by atoms with Crippen LogP contribution in [0.15, 0.2) is 36.9 Å². The molecule has 3 rings (SSSR count). The molecule has 0 unspecified atom stereocenters. The maximum atomic E-state index is 5.66. The van der Waals surface area contributed by atoms with Gasteiger partial charge in [-0.25, -0.2) is 0 Å². The molecule has 0 N–H and O–H groups in total. The van der Waals surface area contributed by atoms with Crippen LogP contribution in [0.25, 0.3) is 0 Å². The third-order valence-corrected chi connectivity index (χ3v) is 7.18. The maximum absolute atomic E-state index is 5.66. The highest BCUT2D eigenvalue weighted by Crippen LogP contribution is 2.44. The molecule has 0 bridgehead atoms. The first-order valence-corrected chi connectivity index (χ1v) is 11.6. The molecule has 0 saturated heterocycles. The van der Waals surface area contributed by atoms with Crippen molar-refractivity contribution in [3.8, 4) is 0 Å². The van der Waals surface area contributed by atoms with Gasteiger partial charge in [0.2, 0.25) is 0 Å². The van der Waals surface area contributed by atoms with Gasteiger partial charge in [-0.1, -0.05) is 50.1 Å². The van der Waals surface area contributed by atoms with E-state index in [4.69, 9.17) is 4.74 Å². The van der Waals surface area contributed by atoms with E-state index in [0.717, 1.165) is 43.3 Å². The van der Waals surface area contributed by atoms with Gasteiger partial charge < -0.3 is 4.74 Å². The third-order valence-electron chi connectivity index (χ3n) is 7.18. The normalized spacial score (nSPS) is 28.8. The van der Waals surface area contributed by atoms with Crippen LogP contribution in [-0.4, -0.2) is 6.61 Å². The zero-order chi connectivity index (χ0) is 18.9. The number of rotatable bonds is 9. The summed E-state index contributed by atoms with van der Waals surface area (Å²) in [7, 11) is 0. The Hall–Kier alpha value is -1.08. The number of hydrogen-bond acceptors (Lipinski definition) is 1. The van der Waals surface area contributed by atoms with E-state index < -0.39 is 0 Å². The van der Waals surface area contributed by atoms with Crippen LogP contribution in [0.3, 0.4) is 0 Å². The molecule has 27 heavy (non-hydrogen) atoms. The van der Waals surface area contributed by atoms with Crippen LogP contribution >= 0.6 is 0 Å². The summed E-state index contributed by atoms with van der Waals surface area (Å²) in [6, 6.07) is 9.28. The van der Waals surface area contributed by atoms with Crippen molar-refractivity contribution in [2.45, 2.75) is 90.1 Å². The van der Waals surface area contributed by atoms with Crippen LogP contribution in [0.2, 0.25) is 0 Å². The Morgan fingerprint density at radius 3 is 2.15 bits per heavy atom. The lowest BCUT2D eigenvalue weighted by atomic mass is 9.68. The molecular formula is C26H40O. The summed E-state index contributed by atoms with van der Waals surface area (Å²) in [6.07, 6.45) is 17.4. The molecule has 2 fully saturated rings. The van der Waals surface area contributed by atoms with Crippen molar-refractivity contribution in [3.05, 3.63) is 48.0 Å².